The van der Waals surface area contributed by atoms with Crippen molar-refractivity contribution in [3.8, 4) is 0 Å². The minimum Gasteiger partial charge on any atom is -0.389 e. The average molecular weight is 260 g/mol. The molecule has 0 amide bonds. The van der Waals surface area contributed by atoms with Crippen molar-refractivity contribution in [3.63, 3.8) is 0 Å². The largest absolute Gasteiger partial charge is 0.389 e. The summed E-state index contributed by atoms with van der Waals surface area (Å²) in [6, 6.07) is 10.2. The van der Waals surface area contributed by atoms with Crippen molar-refractivity contribution >= 4 is 0 Å². The van der Waals surface area contributed by atoms with Gasteiger partial charge in [-0.1, -0.05) is 56.3 Å². The van der Waals surface area contributed by atoms with Crippen molar-refractivity contribution in [1.29, 1.82) is 0 Å². The fourth-order valence-electron chi connectivity index (χ4n) is 2.69. The van der Waals surface area contributed by atoms with Crippen molar-refractivity contribution in [1.82, 2.24) is 0 Å². The smallest absolute Gasteiger partial charge is 0.0721 e. The molecule has 19 heavy (non-hydrogen) atoms. The Morgan fingerprint density at radius 1 is 1.26 bits per heavy atom. The topological polar surface area (TPSA) is 29.5 Å². The molecule has 1 aromatic carbocycles. The molecule has 1 aliphatic carbocycles. The number of benzene rings is 1. The quantitative estimate of drug-likeness (QED) is 0.842. The van der Waals surface area contributed by atoms with Crippen LogP contribution in [0, 0.1) is 11.8 Å². The van der Waals surface area contributed by atoms with Crippen LogP contribution in [0.15, 0.2) is 42.5 Å². The van der Waals surface area contributed by atoms with E-state index in [2.05, 4.69) is 38.1 Å². The number of hydrogen-bond acceptors (Lipinski definition) is 2. The minimum absolute atomic E-state index is 0.0500. The molecule has 0 aromatic heterocycles. The summed E-state index contributed by atoms with van der Waals surface area (Å²) in [4.78, 5) is 0. The lowest BCUT2D eigenvalue weighted by molar-refractivity contribution is -0.0918. The lowest BCUT2D eigenvalue weighted by Gasteiger charge is -2.35. The van der Waals surface area contributed by atoms with Crippen molar-refractivity contribution in [2.24, 2.45) is 11.8 Å². The van der Waals surface area contributed by atoms with Crippen LogP contribution in [-0.2, 0) is 11.3 Å². The average Bonchev–Trinajstić information content (AvgIpc) is 2.48. The summed E-state index contributed by atoms with van der Waals surface area (Å²) in [5, 5.41) is 10.5. The van der Waals surface area contributed by atoms with Crippen LogP contribution in [0.25, 0.3) is 0 Å². The second-order valence-electron chi connectivity index (χ2n) is 5.90. The summed E-state index contributed by atoms with van der Waals surface area (Å²) in [6.45, 7) is 6.74. The first kappa shape index (κ1) is 14.3. The van der Waals surface area contributed by atoms with E-state index in [-0.39, 0.29) is 12.0 Å². The zero-order chi connectivity index (χ0) is 13.9. The van der Waals surface area contributed by atoms with Gasteiger partial charge in [-0.25, -0.2) is 0 Å². The summed E-state index contributed by atoms with van der Waals surface area (Å²) in [7, 11) is 0. The zero-order valence-corrected chi connectivity index (χ0v) is 12.0. The molecule has 0 heterocycles. The van der Waals surface area contributed by atoms with Crippen LogP contribution in [0.4, 0.5) is 0 Å². The summed E-state index contributed by atoms with van der Waals surface area (Å²) in [6.07, 6.45) is 4.98. The molecule has 4 atom stereocenters. The zero-order valence-electron chi connectivity index (χ0n) is 12.0. The Bertz CT molecular complexity index is 422. The van der Waals surface area contributed by atoms with Crippen LogP contribution in [0.1, 0.15) is 32.8 Å². The molecule has 2 rings (SSSR count). The molecule has 1 aromatic rings. The van der Waals surface area contributed by atoms with Crippen molar-refractivity contribution < 1.29 is 9.84 Å². The number of ether oxygens (including phenoxy) is 1. The Balaban J connectivity index is 2.06. The van der Waals surface area contributed by atoms with E-state index >= 15 is 0 Å². The maximum absolute atomic E-state index is 10.5. The Morgan fingerprint density at radius 2 is 1.95 bits per heavy atom. The van der Waals surface area contributed by atoms with Gasteiger partial charge in [-0.2, -0.15) is 0 Å². The number of rotatable bonds is 3. The molecule has 0 radical (unpaired) electrons. The highest BCUT2D eigenvalue weighted by Gasteiger charge is 2.37. The van der Waals surface area contributed by atoms with Gasteiger partial charge in [0.15, 0.2) is 0 Å². The van der Waals surface area contributed by atoms with Crippen molar-refractivity contribution in [2.75, 3.05) is 0 Å². The maximum Gasteiger partial charge on any atom is 0.0721 e. The summed E-state index contributed by atoms with van der Waals surface area (Å²) in [5.41, 5.74) is 0.484. The molecule has 2 heteroatoms. The summed E-state index contributed by atoms with van der Waals surface area (Å²) < 4.78 is 6.10. The van der Waals surface area contributed by atoms with Crippen LogP contribution in [-0.4, -0.2) is 16.8 Å². The van der Waals surface area contributed by atoms with Gasteiger partial charge in [-0.3, -0.25) is 0 Å². The molecule has 2 nitrogen and oxygen atoms in total. The summed E-state index contributed by atoms with van der Waals surface area (Å²) >= 11 is 0. The minimum atomic E-state index is -0.692. The molecule has 0 fully saturated rings. The Hall–Kier alpha value is -1.12. The van der Waals surface area contributed by atoms with E-state index in [4.69, 9.17) is 4.74 Å². The highest BCUT2D eigenvalue weighted by molar-refractivity contribution is 5.13. The Labute approximate surface area is 116 Å². The monoisotopic (exact) mass is 260 g/mol. The van der Waals surface area contributed by atoms with Crippen LogP contribution in [0.5, 0.6) is 0 Å². The summed E-state index contributed by atoms with van der Waals surface area (Å²) in [5.74, 6) is 0.439. The van der Waals surface area contributed by atoms with E-state index in [1.54, 1.807) is 0 Å². The fourth-order valence-corrected chi connectivity index (χ4v) is 2.69. The van der Waals surface area contributed by atoms with E-state index < -0.39 is 5.60 Å². The first-order valence-corrected chi connectivity index (χ1v) is 7.05. The standard InChI is InChI=1S/C17H24O2/c1-13-8-7-11-17(3,18)14(2)16(13)19-12-15-9-5-4-6-10-15/h4-10,13-14,16,18H,11-12H2,1-3H3/t13-,14-,16-,17-/m1/s1. The molecule has 0 saturated carbocycles. The van der Waals surface area contributed by atoms with Crippen molar-refractivity contribution in [3.05, 3.63) is 48.0 Å². The first-order valence-electron chi connectivity index (χ1n) is 7.05. The van der Waals surface area contributed by atoms with Crippen LogP contribution >= 0.6 is 0 Å². The van der Waals surface area contributed by atoms with Gasteiger partial charge in [-0.15, -0.1) is 0 Å². The predicted molar refractivity (Wildman–Crippen MR) is 77.7 cm³/mol. The highest BCUT2D eigenvalue weighted by Crippen LogP contribution is 2.33. The second kappa shape index (κ2) is 5.89. The molecule has 0 bridgehead atoms. The molecule has 0 unspecified atom stereocenters. The van der Waals surface area contributed by atoms with Crippen LogP contribution in [0.2, 0.25) is 0 Å². The number of aliphatic hydroxyl groups is 1. The van der Waals surface area contributed by atoms with Crippen LogP contribution in [0.3, 0.4) is 0 Å². The Morgan fingerprint density at radius 3 is 2.63 bits per heavy atom. The third-order valence-corrected chi connectivity index (χ3v) is 4.25. The molecule has 104 valence electrons. The Kier molecular flexibility index (Phi) is 4.43. The van der Waals surface area contributed by atoms with E-state index in [1.807, 2.05) is 25.1 Å². The fraction of sp³-hybridized carbons (Fsp3) is 0.529. The van der Waals surface area contributed by atoms with Gasteiger partial charge in [0.1, 0.15) is 0 Å². The van der Waals surface area contributed by atoms with Gasteiger partial charge >= 0.3 is 0 Å². The molecule has 0 aliphatic heterocycles. The van der Waals surface area contributed by atoms with Gasteiger partial charge in [0, 0.05) is 11.8 Å². The van der Waals surface area contributed by atoms with Gasteiger partial charge in [0.2, 0.25) is 0 Å². The molecule has 1 N–H and O–H groups in total. The third-order valence-electron chi connectivity index (χ3n) is 4.25. The normalized spacial score (nSPS) is 35.1. The molecule has 0 saturated heterocycles. The third kappa shape index (κ3) is 3.46. The van der Waals surface area contributed by atoms with Gasteiger partial charge < -0.3 is 9.84 Å². The molecule has 0 spiro atoms. The first-order chi connectivity index (χ1) is 9.00. The van der Waals surface area contributed by atoms with Crippen LogP contribution < -0.4 is 0 Å². The molecular formula is C17H24O2. The number of hydrogen-bond donors (Lipinski definition) is 1. The molecule has 1 aliphatic rings. The second-order valence-corrected chi connectivity index (χ2v) is 5.90. The van der Waals surface area contributed by atoms with E-state index in [0.717, 1.165) is 0 Å². The van der Waals surface area contributed by atoms with E-state index in [1.165, 1.54) is 5.56 Å². The lowest BCUT2D eigenvalue weighted by atomic mass is 9.82. The lowest BCUT2D eigenvalue weighted by Crippen LogP contribution is -2.42. The molecular weight excluding hydrogens is 236 g/mol. The maximum atomic E-state index is 10.5. The van der Waals surface area contributed by atoms with E-state index in [9.17, 15) is 5.11 Å². The SMILES string of the molecule is C[C@@H]1C=CC[C@@](C)(O)[C@H](C)[C@@H]1OCc1ccccc1. The van der Waals surface area contributed by atoms with Gasteiger partial charge in [-0.05, 0) is 18.9 Å². The highest BCUT2D eigenvalue weighted by atomic mass is 16.5. The van der Waals surface area contributed by atoms with E-state index in [0.29, 0.717) is 18.9 Å². The van der Waals surface area contributed by atoms with Gasteiger partial charge in [0.05, 0.1) is 18.3 Å². The van der Waals surface area contributed by atoms with Crippen molar-refractivity contribution in [2.45, 2.75) is 45.5 Å². The van der Waals surface area contributed by atoms with Gasteiger partial charge in [0.25, 0.3) is 0 Å². The predicted octanol–water partition coefficient (Wildman–Crippen LogP) is 3.55.